The summed E-state index contributed by atoms with van der Waals surface area (Å²) in [5.74, 6) is -1.14. The number of alkyl halides is 3. The van der Waals surface area contributed by atoms with Crippen LogP contribution in [0.4, 0.5) is 18.9 Å². The van der Waals surface area contributed by atoms with Crippen molar-refractivity contribution in [3.63, 3.8) is 0 Å². The molecule has 0 saturated carbocycles. The molecule has 32 heavy (non-hydrogen) atoms. The molecular weight excluding hydrogens is 441 g/mol. The number of hydrogen-bond acceptors (Lipinski definition) is 4. The van der Waals surface area contributed by atoms with Crippen molar-refractivity contribution in [3.05, 3.63) is 70.9 Å². The minimum atomic E-state index is -4.95. The highest BCUT2D eigenvalue weighted by Gasteiger charge is 2.65. The second-order valence-corrected chi connectivity index (χ2v) is 8.42. The van der Waals surface area contributed by atoms with Crippen molar-refractivity contribution in [2.75, 3.05) is 12.4 Å². The molecule has 4 rings (SSSR count). The van der Waals surface area contributed by atoms with Gasteiger partial charge in [-0.2, -0.15) is 13.2 Å². The van der Waals surface area contributed by atoms with Gasteiger partial charge in [-0.3, -0.25) is 4.98 Å². The first-order valence-electron chi connectivity index (χ1n) is 9.98. The second-order valence-electron chi connectivity index (χ2n) is 8.02. The zero-order valence-electron chi connectivity index (χ0n) is 17.7. The van der Waals surface area contributed by atoms with Gasteiger partial charge >= 0.3 is 6.18 Å². The van der Waals surface area contributed by atoms with Crippen LogP contribution < -0.4 is 10.1 Å². The molecule has 1 aromatic heterocycles. The largest absolute Gasteiger partial charge is 0.495 e. The fourth-order valence-electron chi connectivity index (χ4n) is 4.45. The highest BCUT2D eigenvalue weighted by Crippen LogP contribution is 2.57. The summed E-state index contributed by atoms with van der Waals surface area (Å²) in [4.78, 5) is 4.45. The Kier molecular flexibility index (Phi) is 5.38. The van der Waals surface area contributed by atoms with E-state index in [4.69, 9.17) is 16.3 Å². The molecule has 2 N–H and O–H groups in total. The number of nitrogens with one attached hydrogen (secondary N) is 1. The number of aromatic nitrogens is 1. The quantitative estimate of drug-likeness (QED) is 0.478. The van der Waals surface area contributed by atoms with E-state index in [1.807, 2.05) is 6.92 Å². The number of aliphatic hydroxyl groups is 1. The first kappa shape index (κ1) is 22.4. The van der Waals surface area contributed by atoms with Crippen molar-refractivity contribution < 1.29 is 23.0 Å². The average molecular weight is 463 g/mol. The molecule has 0 bridgehead atoms. The Labute approximate surface area is 188 Å². The van der Waals surface area contributed by atoms with Crippen molar-refractivity contribution in [2.45, 2.75) is 31.7 Å². The van der Waals surface area contributed by atoms with Crippen LogP contribution in [-0.4, -0.2) is 29.0 Å². The molecule has 1 aliphatic rings. The number of methoxy groups -OCH3 is 1. The maximum Gasteiger partial charge on any atom is 0.420 e. The number of hydrogen-bond donors (Lipinski definition) is 2. The van der Waals surface area contributed by atoms with Gasteiger partial charge in [-0.25, -0.2) is 0 Å². The normalized spacial score (nSPS) is 23.2. The standard InChI is InChI=1S/C24H22ClF3N2O2/c1-12-8-9-15-18(29-12)6-5-7-19(15)30-22-16-10-11-17(25)21(32-4)20(16)13(2)14(3)23(22,31)24(26,27)28/h5-11,14,22,30-31H,2H2,1,3-4H3. The van der Waals surface area contributed by atoms with Crippen molar-refractivity contribution in [3.8, 4) is 5.75 Å². The molecule has 1 aliphatic carbocycles. The van der Waals surface area contributed by atoms with Gasteiger partial charge in [0, 0.05) is 28.2 Å². The molecule has 168 valence electrons. The summed E-state index contributed by atoms with van der Waals surface area (Å²) in [6, 6.07) is 10.1. The molecule has 2 aromatic carbocycles. The zero-order valence-corrected chi connectivity index (χ0v) is 18.5. The molecule has 4 nitrogen and oxygen atoms in total. The van der Waals surface area contributed by atoms with Gasteiger partial charge in [-0.05, 0) is 48.4 Å². The lowest BCUT2D eigenvalue weighted by atomic mass is 9.67. The number of rotatable bonds is 3. The second kappa shape index (κ2) is 7.67. The van der Waals surface area contributed by atoms with Gasteiger partial charge in [0.05, 0.1) is 23.7 Å². The minimum Gasteiger partial charge on any atom is -0.495 e. The van der Waals surface area contributed by atoms with Crippen LogP contribution in [0.25, 0.3) is 16.5 Å². The van der Waals surface area contributed by atoms with Crippen LogP contribution in [0.1, 0.15) is 29.8 Å². The van der Waals surface area contributed by atoms with Crippen LogP contribution in [-0.2, 0) is 0 Å². The van der Waals surface area contributed by atoms with E-state index in [0.717, 1.165) is 5.69 Å². The Hall–Kier alpha value is -2.77. The third-order valence-corrected chi connectivity index (χ3v) is 6.52. The van der Waals surface area contributed by atoms with Gasteiger partial charge in [0.25, 0.3) is 0 Å². The third kappa shape index (κ3) is 3.22. The van der Waals surface area contributed by atoms with E-state index in [9.17, 15) is 18.3 Å². The van der Waals surface area contributed by atoms with E-state index in [2.05, 4.69) is 16.9 Å². The first-order valence-corrected chi connectivity index (χ1v) is 10.4. The predicted molar refractivity (Wildman–Crippen MR) is 120 cm³/mol. The third-order valence-electron chi connectivity index (χ3n) is 6.23. The molecule has 0 fully saturated rings. The molecule has 3 aromatic rings. The monoisotopic (exact) mass is 462 g/mol. The Balaban J connectivity index is 1.98. The van der Waals surface area contributed by atoms with Crippen molar-refractivity contribution in [1.82, 2.24) is 4.98 Å². The van der Waals surface area contributed by atoms with Gasteiger partial charge < -0.3 is 15.2 Å². The molecule has 0 saturated heterocycles. The van der Waals surface area contributed by atoms with E-state index >= 15 is 0 Å². The van der Waals surface area contributed by atoms with Gasteiger partial charge in [0.1, 0.15) is 5.75 Å². The highest BCUT2D eigenvalue weighted by atomic mass is 35.5. The van der Waals surface area contributed by atoms with Crippen molar-refractivity contribution in [1.29, 1.82) is 0 Å². The lowest BCUT2D eigenvalue weighted by Gasteiger charge is -2.48. The summed E-state index contributed by atoms with van der Waals surface area (Å²) < 4.78 is 48.7. The van der Waals surface area contributed by atoms with Gasteiger partial charge in [-0.15, -0.1) is 0 Å². The number of aryl methyl sites for hydroxylation is 1. The molecule has 0 spiro atoms. The molecule has 3 unspecified atom stereocenters. The maximum absolute atomic E-state index is 14.4. The van der Waals surface area contributed by atoms with E-state index < -0.39 is 23.7 Å². The highest BCUT2D eigenvalue weighted by molar-refractivity contribution is 6.32. The Morgan fingerprint density at radius 3 is 2.56 bits per heavy atom. The van der Waals surface area contributed by atoms with Crippen LogP contribution in [0.5, 0.6) is 5.75 Å². The fourth-order valence-corrected chi connectivity index (χ4v) is 4.68. The van der Waals surface area contributed by atoms with Crippen molar-refractivity contribution >= 4 is 33.8 Å². The van der Waals surface area contributed by atoms with Crippen LogP contribution in [0.15, 0.2) is 49.0 Å². The van der Waals surface area contributed by atoms with E-state index in [1.54, 1.807) is 30.3 Å². The van der Waals surface area contributed by atoms with Crippen LogP contribution in [0.2, 0.25) is 5.02 Å². The summed E-state index contributed by atoms with van der Waals surface area (Å²) >= 11 is 6.26. The molecular formula is C24H22ClF3N2O2. The summed E-state index contributed by atoms with van der Waals surface area (Å²) in [6.45, 7) is 7.00. The van der Waals surface area contributed by atoms with Crippen LogP contribution in [0, 0.1) is 12.8 Å². The Morgan fingerprint density at radius 1 is 1.19 bits per heavy atom. The number of ether oxygens (including phenoxy) is 1. The molecule has 0 aliphatic heterocycles. The molecule has 8 heteroatoms. The van der Waals surface area contributed by atoms with E-state index in [-0.39, 0.29) is 21.9 Å². The van der Waals surface area contributed by atoms with Crippen molar-refractivity contribution in [2.24, 2.45) is 5.92 Å². The number of benzene rings is 2. The number of halogens is 4. The summed E-state index contributed by atoms with van der Waals surface area (Å²) in [5, 5.41) is 15.1. The topological polar surface area (TPSA) is 54.4 Å². The SMILES string of the molecule is C=C1c2c(ccc(Cl)c2OC)C(Nc2cccc3nc(C)ccc23)C(O)(C(F)(F)F)C1C. The fraction of sp³-hybridized carbons (Fsp3) is 0.292. The molecule has 1 heterocycles. The lowest BCUT2D eigenvalue weighted by molar-refractivity contribution is -0.279. The zero-order chi connectivity index (χ0) is 23.4. The predicted octanol–water partition coefficient (Wildman–Crippen LogP) is 6.31. The molecule has 0 amide bonds. The minimum absolute atomic E-state index is 0.104. The van der Waals surface area contributed by atoms with E-state index in [0.29, 0.717) is 22.2 Å². The Bertz CT molecular complexity index is 1230. The first-order chi connectivity index (χ1) is 15.0. The number of fused-ring (bicyclic) bond motifs is 2. The number of pyridine rings is 1. The van der Waals surface area contributed by atoms with Gasteiger partial charge in [0.2, 0.25) is 0 Å². The number of anilines is 1. The van der Waals surface area contributed by atoms with Crippen LogP contribution >= 0.6 is 11.6 Å². The molecule has 3 atom stereocenters. The maximum atomic E-state index is 14.4. The lowest BCUT2D eigenvalue weighted by Crippen LogP contribution is -2.59. The summed E-state index contributed by atoms with van der Waals surface area (Å²) in [6.07, 6.45) is -4.95. The number of nitrogens with zero attached hydrogens (tertiary/aromatic N) is 1. The average Bonchev–Trinajstić information content (AvgIpc) is 2.74. The summed E-state index contributed by atoms with van der Waals surface area (Å²) in [7, 11) is 1.39. The van der Waals surface area contributed by atoms with Gasteiger partial charge in [0.15, 0.2) is 5.60 Å². The van der Waals surface area contributed by atoms with Gasteiger partial charge in [-0.1, -0.05) is 37.2 Å². The van der Waals surface area contributed by atoms with E-state index in [1.165, 1.54) is 26.2 Å². The van der Waals surface area contributed by atoms with Crippen LogP contribution in [0.3, 0.4) is 0 Å². The smallest absolute Gasteiger partial charge is 0.420 e. The summed E-state index contributed by atoms with van der Waals surface area (Å²) in [5.41, 5.74) is -0.619. The Morgan fingerprint density at radius 2 is 1.91 bits per heavy atom. The molecule has 0 radical (unpaired) electrons.